The van der Waals surface area contributed by atoms with Crippen molar-refractivity contribution in [2.75, 3.05) is 7.11 Å². The molecule has 0 amide bonds. The van der Waals surface area contributed by atoms with Gasteiger partial charge in [0.25, 0.3) is 5.82 Å². The summed E-state index contributed by atoms with van der Waals surface area (Å²) in [7, 11) is 1.58. The topological polar surface area (TPSA) is 103 Å². The van der Waals surface area contributed by atoms with Crippen molar-refractivity contribution < 1.29 is 9.26 Å². The van der Waals surface area contributed by atoms with E-state index in [0.29, 0.717) is 17.5 Å². The molecule has 3 rings (SSSR count). The summed E-state index contributed by atoms with van der Waals surface area (Å²) in [6.07, 6.45) is 1.44. The second-order valence-corrected chi connectivity index (χ2v) is 4.09. The van der Waals surface area contributed by atoms with Crippen molar-refractivity contribution in [2.24, 2.45) is 0 Å². The van der Waals surface area contributed by atoms with Crippen LogP contribution in [-0.4, -0.2) is 32.0 Å². The second kappa shape index (κ2) is 5.42. The van der Waals surface area contributed by atoms with Crippen molar-refractivity contribution >= 4 is 0 Å². The van der Waals surface area contributed by atoms with Crippen molar-refractivity contribution in [1.29, 1.82) is 5.26 Å². The summed E-state index contributed by atoms with van der Waals surface area (Å²) < 4.78 is 11.9. The van der Waals surface area contributed by atoms with Crippen LogP contribution in [0.15, 0.2) is 35.1 Å². The minimum Gasteiger partial charge on any atom is -0.496 e. The molecule has 0 spiro atoms. The van der Waals surface area contributed by atoms with Crippen molar-refractivity contribution in [2.45, 2.75) is 6.54 Å². The predicted molar refractivity (Wildman–Crippen MR) is 70.1 cm³/mol. The van der Waals surface area contributed by atoms with Gasteiger partial charge < -0.3 is 9.26 Å². The number of rotatable bonds is 4. The molecule has 0 bridgehead atoms. The van der Waals surface area contributed by atoms with Gasteiger partial charge in [-0.25, -0.2) is 9.67 Å². The standard InChI is InChI=1S/C13H10N6O2/c1-20-10-5-3-2-4-9(10)13-16-12(21-18-13)7-19-8-15-11(6-14)17-19/h2-5,8H,7H2,1H3. The third-order valence-electron chi connectivity index (χ3n) is 2.75. The van der Waals surface area contributed by atoms with Gasteiger partial charge in [0, 0.05) is 0 Å². The molecule has 21 heavy (non-hydrogen) atoms. The summed E-state index contributed by atoms with van der Waals surface area (Å²) in [5.41, 5.74) is 0.742. The lowest BCUT2D eigenvalue weighted by atomic mass is 10.2. The van der Waals surface area contributed by atoms with Gasteiger partial charge in [0.1, 0.15) is 24.7 Å². The smallest absolute Gasteiger partial charge is 0.252 e. The monoisotopic (exact) mass is 282 g/mol. The fraction of sp³-hybridized carbons (Fsp3) is 0.154. The van der Waals surface area contributed by atoms with E-state index in [0.717, 1.165) is 5.56 Å². The molecule has 0 aliphatic carbocycles. The van der Waals surface area contributed by atoms with Crippen LogP contribution in [0.5, 0.6) is 5.75 Å². The highest BCUT2D eigenvalue weighted by atomic mass is 16.5. The fourth-order valence-electron chi connectivity index (χ4n) is 1.82. The van der Waals surface area contributed by atoms with Gasteiger partial charge >= 0.3 is 0 Å². The summed E-state index contributed by atoms with van der Waals surface area (Å²) in [6.45, 7) is 0.247. The normalized spacial score (nSPS) is 10.3. The summed E-state index contributed by atoms with van der Waals surface area (Å²) in [6, 6.07) is 9.25. The molecule has 0 radical (unpaired) electrons. The van der Waals surface area contributed by atoms with Crippen molar-refractivity contribution in [3.63, 3.8) is 0 Å². The molecule has 0 unspecified atom stereocenters. The Hall–Kier alpha value is -3.21. The maximum Gasteiger partial charge on any atom is 0.252 e. The van der Waals surface area contributed by atoms with E-state index < -0.39 is 0 Å². The average Bonchev–Trinajstić information content (AvgIpc) is 3.17. The van der Waals surface area contributed by atoms with Gasteiger partial charge in [0.2, 0.25) is 11.7 Å². The minimum atomic E-state index is 0.0967. The molecule has 0 N–H and O–H groups in total. The highest BCUT2D eigenvalue weighted by Crippen LogP contribution is 2.27. The Bertz CT molecular complexity index is 801. The number of hydrogen-bond donors (Lipinski definition) is 0. The summed E-state index contributed by atoms with van der Waals surface area (Å²) in [5, 5.41) is 16.5. The van der Waals surface area contributed by atoms with Crippen molar-refractivity contribution in [1.82, 2.24) is 24.9 Å². The zero-order chi connectivity index (χ0) is 14.7. The van der Waals surface area contributed by atoms with Crippen LogP contribution >= 0.6 is 0 Å². The number of aromatic nitrogens is 5. The lowest BCUT2D eigenvalue weighted by Crippen LogP contribution is -2.00. The van der Waals surface area contributed by atoms with Crippen molar-refractivity contribution in [3.05, 3.63) is 42.3 Å². The Kier molecular flexibility index (Phi) is 3.31. The molecule has 8 heteroatoms. The first-order valence-corrected chi connectivity index (χ1v) is 6.05. The van der Waals surface area contributed by atoms with Gasteiger partial charge in [-0.1, -0.05) is 17.3 Å². The van der Waals surface area contributed by atoms with Gasteiger partial charge in [0.05, 0.1) is 12.7 Å². The first kappa shape index (κ1) is 12.8. The van der Waals surface area contributed by atoms with E-state index in [2.05, 4.69) is 20.2 Å². The van der Waals surface area contributed by atoms with Crippen LogP contribution < -0.4 is 4.74 Å². The van der Waals surface area contributed by atoms with E-state index in [1.807, 2.05) is 30.3 Å². The first-order chi connectivity index (χ1) is 10.3. The van der Waals surface area contributed by atoms with Crippen LogP contribution in [0.2, 0.25) is 0 Å². The molecule has 0 aliphatic rings. The molecule has 8 nitrogen and oxygen atoms in total. The molecule has 2 heterocycles. The molecule has 3 aromatic rings. The van der Waals surface area contributed by atoms with E-state index in [-0.39, 0.29) is 12.4 Å². The number of benzene rings is 1. The number of methoxy groups -OCH3 is 1. The van der Waals surface area contributed by atoms with Gasteiger partial charge in [0.15, 0.2) is 0 Å². The molecule has 0 saturated heterocycles. The molecule has 0 fully saturated rings. The Labute approximate surface area is 119 Å². The third-order valence-corrected chi connectivity index (χ3v) is 2.75. The number of para-hydroxylation sites is 1. The van der Waals surface area contributed by atoms with Crippen LogP contribution in [0.3, 0.4) is 0 Å². The zero-order valence-corrected chi connectivity index (χ0v) is 11.1. The van der Waals surface area contributed by atoms with E-state index in [9.17, 15) is 0 Å². The average molecular weight is 282 g/mol. The lowest BCUT2D eigenvalue weighted by Gasteiger charge is -2.02. The van der Waals surface area contributed by atoms with Crippen molar-refractivity contribution in [3.8, 4) is 23.2 Å². The SMILES string of the molecule is COc1ccccc1-c1noc(Cn2cnc(C#N)n2)n1. The Morgan fingerprint density at radius 2 is 2.24 bits per heavy atom. The number of nitriles is 1. The molecule has 104 valence electrons. The molecule has 0 aliphatic heterocycles. The van der Waals surface area contributed by atoms with Crippen LogP contribution in [-0.2, 0) is 6.54 Å². The van der Waals surface area contributed by atoms with Crippen LogP contribution in [0, 0.1) is 11.3 Å². The molecule has 0 atom stereocenters. The number of hydrogen-bond acceptors (Lipinski definition) is 7. The maximum absolute atomic E-state index is 8.67. The van der Waals surface area contributed by atoms with Crippen LogP contribution in [0.4, 0.5) is 0 Å². The van der Waals surface area contributed by atoms with Gasteiger partial charge in [-0.15, -0.1) is 5.10 Å². The van der Waals surface area contributed by atoms with Crippen LogP contribution in [0.25, 0.3) is 11.4 Å². The Morgan fingerprint density at radius 3 is 3.00 bits per heavy atom. The number of ether oxygens (including phenoxy) is 1. The maximum atomic E-state index is 8.67. The third kappa shape index (κ3) is 2.57. The van der Waals surface area contributed by atoms with E-state index >= 15 is 0 Å². The Balaban J connectivity index is 1.85. The van der Waals surface area contributed by atoms with Gasteiger partial charge in [-0.3, -0.25) is 0 Å². The lowest BCUT2D eigenvalue weighted by molar-refractivity contribution is 0.365. The minimum absolute atomic E-state index is 0.0967. The van der Waals surface area contributed by atoms with E-state index in [1.165, 1.54) is 11.0 Å². The highest BCUT2D eigenvalue weighted by molar-refractivity contribution is 5.63. The van der Waals surface area contributed by atoms with Gasteiger partial charge in [-0.2, -0.15) is 10.2 Å². The quantitative estimate of drug-likeness (QED) is 0.709. The first-order valence-electron chi connectivity index (χ1n) is 6.05. The van der Waals surface area contributed by atoms with E-state index in [4.69, 9.17) is 14.5 Å². The second-order valence-electron chi connectivity index (χ2n) is 4.09. The van der Waals surface area contributed by atoms with E-state index in [1.54, 1.807) is 7.11 Å². The molecule has 1 aromatic carbocycles. The summed E-state index contributed by atoms with van der Waals surface area (Å²) in [4.78, 5) is 8.09. The fourth-order valence-corrected chi connectivity index (χ4v) is 1.82. The molecular formula is C13H10N6O2. The zero-order valence-electron chi connectivity index (χ0n) is 11.1. The summed E-state index contributed by atoms with van der Waals surface area (Å²) >= 11 is 0. The molecular weight excluding hydrogens is 272 g/mol. The highest BCUT2D eigenvalue weighted by Gasteiger charge is 2.13. The summed E-state index contributed by atoms with van der Waals surface area (Å²) in [5.74, 6) is 1.56. The predicted octanol–water partition coefficient (Wildman–Crippen LogP) is 1.26. The van der Waals surface area contributed by atoms with Crippen LogP contribution in [0.1, 0.15) is 11.7 Å². The number of nitrogens with zero attached hydrogens (tertiary/aromatic N) is 6. The Morgan fingerprint density at radius 1 is 1.38 bits per heavy atom. The van der Waals surface area contributed by atoms with Gasteiger partial charge in [-0.05, 0) is 12.1 Å². The largest absolute Gasteiger partial charge is 0.496 e. The molecule has 2 aromatic heterocycles. The molecule has 0 saturated carbocycles.